The monoisotopic (exact) mass is 344 g/mol. The number of anilines is 1. The second kappa shape index (κ2) is 11.1. The normalized spacial score (nSPS) is 10.8. The van der Waals surface area contributed by atoms with Gasteiger partial charge in [0.05, 0.1) is 12.2 Å². The van der Waals surface area contributed by atoms with Crippen molar-refractivity contribution in [2.45, 2.75) is 40.5 Å². The molecule has 2 N–H and O–H groups in total. The van der Waals surface area contributed by atoms with Gasteiger partial charge in [-0.3, -0.25) is 0 Å². The van der Waals surface area contributed by atoms with Crippen LogP contribution in [0.25, 0.3) is 0 Å². The first kappa shape index (κ1) is 20.5. The predicted octanol–water partition coefficient (Wildman–Crippen LogP) is 4.68. The van der Waals surface area contributed by atoms with Crippen LogP contribution in [0.15, 0.2) is 47.6 Å². The molecule has 0 aliphatic rings. The third-order valence-electron chi connectivity index (χ3n) is 3.44. The Bertz CT molecular complexity index is 644. The number of nitrogens with one attached hydrogen (secondary N) is 2. The minimum Gasteiger partial charge on any atom is -0.462 e. The van der Waals surface area contributed by atoms with Gasteiger partial charge in [0.25, 0.3) is 0 Å². The molecule has 1 aromatic carbocycles. The lowest BCUT2D eigenvalue weighted by atomic mass is 10.1. The lowest BCUT2D eigenvalue weighted by Gasteiger charge is -2.08. The molecule has 136 valence electrons. The Labute approximate surface area is 150 Å². The molecule has 0 saturated carbocycles. The largest absolute Gasteiger partial charge is 0.462 e. The van der Waals surface area contributed by atoms with Crippen LogP contribution in [0.3, 0.4) is 0 Å². The van der Waals surface area contributed by atoms with Crippen molar-refractivity contribution in [3.05, 3.63) is 53.1 Å². The van der Waals surface area contributed by atoms with E-state index in [0.717, 1.165) is 12.8 Å². The lowest BCUT2D eigenvalue weighted by Crippen LogP contribution is -2.28. The van der Waals surface area contributed by atoms with Crippen LogP contribution in [0.1, 0.15) is 50.9 Å². The molecule has 0 bridgehead atoms. The first-order chi connectivity index (χ1) is 11.9. The molecule has 25 heavy (non-hydrogen) atoms. The van der Waals surface area contributed by atoms with Crippen LogP contribution in [0, 0.1) is 0 Å². The van der Waals surface area contributed by atoms with Crippen LogP contribution in [0.5, 0.6) is 0 Å². The summed E-state index contributed by atoms with van der Waals surface area (Å²) in [6, 6.07) is 6.37. The number of amides is 2. The summed E-state index contributed by atoms with van der Waals surface area (Å²) >= 11 is 0. The second-order valence-electron chi connectivity index (χ2n) is 6.01. The average Bonchev–Trinajstić information content (AvgIpc) is 2.55. The molecule has 1 rings (SSSR count). The third kappa shape index (κ3) is 8.74. The molecule has 0 aliphatic carbocycles. The van der Waals surface area contributed by atoms with Gasteiger partial charge in [0, 0.05) is 12.2 Å². The highest BCUT2D eigenvalue weighted by Crippen LogP contribution is 2.11. The molecule has 0 aliphatic heterocycles. The topological polar surface area (TPSA) is 67.4 Å². The van der Waals surface area contributed by atoms with Crippen molar-refractivity contribution in [3.63, 3.8) is 0 Å². The van der Waals surface area contributed by atoms with Crippen LogP contribution < -0.4 is 10.6 Å². The van der Waals surface area contributed by atoms with Gasteiger partial charge >= 0.3 is 12.0 Å². The summed E-state index contributed by atoms with van der Waals surface area (Å²) in [5.41, 5.74) is 3.51. The van der Waals surface area contributed by atoms with Gasteiger partial charge in [0.1, 0.15) is 0 Å². The van der Waals surface area contributed by atoms with E-state index in [0.29, 0.717) is 24.4 Å². The van der Waals surface area contributed by atoms with Crippen molar-refractivity contribution in [2.75, 3.05) is 18.5 Å². The Morgan fingerprint density at radius 1 is 1.16 bits per heavy atom. The fraction of sp³-hybridized carbons (Fsp3) is 0.400. The second-order valence-corrected chi connectivity index (χ2v) is 6.01. The molecule has 0 saturated heterocycles. The first-order valence-electron chi connectivity index (χ1n) is 8.53. The summed E-state index contributed by atoms with van der Waals surface area (Å²) in [5.74, 6) is -0.401. The third-order valence-corrected chi connectivity index (χ3v) is 3.44. The summed E-state index contributed by atoms with van der Waals surface area (Å²) in [4.78, 5) is 23.6. The summed E-state index contributed by atoms with van der Waals surface area (Å²) < 4.78 is 4.95. The standard InChI is InChI=1S/C20H28N2O3/c1-5-25-19(23)17-10-7-11-18(14-17)22-20(24)21-13-12-16(4)9-6-8-15(2)3/h7-8,10-12,14H,5-6,9,13H2,1-4H3,(H2,21,22,24)/b16-12+. The molecule has 0 radical (unpaired) electrons. The number of urea groups is 1. The van der Waals surface area contributed by atoms with Crippen LogP contribution >= 0.6 is 0 Å². The fourth-order valence-electron chi connectivity index (χ4n) is 2.12. The molecule has 0 unspecified atom stereocenters. The number of benzene rings is 1. The average molecular weight is 344 g/mol. The molecular weight excluding hydrogens is 316 g/mol. The summed E-state index contributed by atoms with van der Waals surface area (Å²) in [5, 5.41) is 5.49. The number of allylic oxidation sites excluding steroid dienone is 3. The maximum absolute atomic E-state index is 11.9. The summed E-state index contributed by atoms with van der Waals surface area (Å²) in [6.07, 6.45) is 6.20. The zero-order valence-corrected chi connectivity index (χ0v) is 15.5. The van der Waals surface area contributed by atoms with E-state index >= 15 is 0 Å². The van der Waals surface area contributed by atoms with E-state index in [-0.39, 0.29) is 6.03 Å². The van der Waals surface area contributed by atoms with Gasteiger partial charge < -0.3 is 15.4 Å². The van der Waals surface area contributed by atoms with Gasteiger partial charge in [-0.25, -0.2) is 9.59 Å². The fourth-order valence-corrected chi connectivity index (χ4v) is 2.12. The Balaban J connectivity index is 2.45. The van der Waals surface area contributed by atoms with Crippen LogP contribution in [-0.4, -0.2) is 25.2 Å². The van der Waals surface area contributed by atoms with E-state index in [1.54, 1.807) is 31.2 Å². The Kier molecular flexibility index (Phi) is 9.07. The van der Waals surface area contributed by atoms with Crippen molar-refractivity contribution in [2.24, 2.45) is 0 Å². The van der Waals surface area contributed by atoms with Crippen molar-refractivity contribution < 1.29 is 14.3 Å². The molecule has 5 nitrogen and oxygen atoms in total. The van der Waals surface area contributed by atoms with Gasteiger partial charge in [-0.2, -0.15) is 0 Å². The Hall–Kier alpha value is -2.56. The zero-order chi connectivity index (χ0) is 18.7. The maximum atomic E-state index is 11.9. The molecule has 0 fully saturated rings. The number of rotatable bonds is 8. The van der Waals surface area contributed by atoms with Crippen LogP contribution in [0.4, 0.5) is 10.5 Å². The quantitative estimate of drug-likeness (QED) is 0.531. The molecule has 5 heteroatoms. The zero-order valence-electron chi connectivity index (χ0n) is 15.5. The minimum absolute atomic E-state index is 0.311. The molecule has 0 spiro atoms. The molecule has 2 amide bonds. The minimum atomic E-state index is -0.401. The van der Waals surface area contributed by atoms with E-state index in [9.17, 15) is 9.59 Å². The lowest BCUT2D eigenvalue weighted by molar-refractivity contribution is 0.0526. The van der Waals surface area contributed by atoms with E-state index in [2.05, 4.69) is 37.5 Å². The SMILES string of the molecule is CCOC(=O)c1cccc(NC(=O)NC/C=C(\C)CCC=C(C)C)c1. The molecule has 0 aromatic heterocycles. The van der Waals surface area contributed by atoms with E-state index in [1.165, 1.54) is 11.1 Å². The van der Waals surface area contributed by atoms with Crippen molar-refractivity contribution in [1.82, 2.24) is 5.32 Å². The molecule has 0 atom stereocenters. The van der Waals surface area contributed by atoms with E-state index in [4.69, 9.17) is 4.74 Å². The number of hydrogen-bond donors (Lipinski definition) is 2. The summed E-state index contributed by atoms with van der Waals surface area (Å²) in [7, 11) is 0. The van der Waals surface area contributed by atoms with Crippen molar-refractivity contribution in [3.8, 4) is 0 Å². The van der Waals surface area contributed by atoms with Gasteiger partial charge in [-0.1, -0.05) is 29.4 Å². The number of ether oxygens (including phenoxy) is 1. The van der Waals surface area contributed by atoms with Crippen LogP contribution in [-0.2, 0) is 4.74 Å². The first-order valence-corrected chi connectivity index (χ1v) is 8.53. The van der Waals surface area contributed by atoms with Gasteiger partial charge in [0.2, 0.25) is 0 Å². The predicted molar refractivity (Wildman–Crippen MR) is 102 cm³/mol. The van der Waals surface area contributed by atoms with Gasteiger partial charge in [-0.15, -0.1) is 0 Å². The number of hydrogen-bond acceptors (Lipinski definition) is 3. The summed E-state index contributed by atoms with van der Waals surface area (Å²) in [6.45, 7) is 8.76. The number of carbonyl (C=O) groups excluding carboxylic acids is 2. The highest BCUT2D eigenvalue weighted by molar-refractivity contribution is 5.93. The van der Waals surface area contributed by atoms with E-state index in [1.807, 2.05) is 6.08 Å². The molecular formula is C20H28N2O3. The smallest absolute Gasteiger partial charge is 0.338 e. The van der Waals surface area contributed by atoms with E-state index < -0.39 is 5.97 Å². The van der Waals surface area contributed by atoms with Crippen molar-refractivity contribution in [1.29, 1.82) is 0 Å². The van der Waals surface area contributed by atoms with Gasteiger partial charge in [-0.05, 0) is 58.7 Å². The molecule has 1 aromatic rings. The van der Waals surface area contributed by atoms with Gasteiger partial charge in [0.15, 0.2) is 0 Å². The number of esters is 1. The highest BCUT2D eigenvalue weighted by Gasteiger charge is 2.08. The Morgan fingerprint density at radius 3 is 2.60 bits per heavy atom. The Morgan fingerprint density at radius 2 is 1.92 bits per heavy atom. The molecule has 0 heterocycles. The number of carbonyl (C=O) groups is 2. The highest BCUT2D eigenvalue weighted by atomic mass is 16.5. The maximum Gasteiger partial charge on any atom is 0.338 e. The van der Waals surface area contributed by atoms with Crippen molar-refractivity contribution >= 4 is 17.7 Å². The van der Waals surface area contributed by atoms with Crippen LogP contribution in [0.2, 0.25) is 0 Å².